The number of aliphatic imine (C=N–C) groups is 1. The van der Waals surface area contributed by atoms with Gasteiger partial charge in [-0.2, -0.15) is 5.10 Å². The highest BCUT2D eigenvalue weighted by molar-refractivity contribution is 5.79. The Balaban J connectivity index is 1.96. The average molecular weight is 389 g/mol. The molecule has 0 aliphatic heterocycles. The van der Waals surface area contributed by atoms with Gasteiger partial charge in [0.1, 0.15) is 5.82 Å². The Kier molecular flexibility index (Phi) is 7.57. The van der Waals surface area contributed by atoms with Crippen LogP contribution in [0.5, 0.6) is 0 Å². The summed E-state index contributed by atoms with van der Waals surface area (Å²) in [5.41, 5.74) is 5.24. The van der Waals surface area contributed by atoms with Crippen LogP contribution < -0.4 is 10.6 Å². The first-order valence-electron chi connectivity index (χ1n) is 9.59. The van der Waals surface area contributed by atoms with E-state index in [1.807, 2.05) is 43.7 Å². The first kappa shape index (κ1) is 21.9. The molecule has 2 N–H and O–H groups in total. The number of aromatic nitrogens is 2. The number of rotatable bonds is 7. The molecule has 28 heavy (non-hydrogen) atoms. The Labute approximate surface area is 167 Å². The highest BCUT2D eigenvalue weighted by Crippen LogP contribution is 2.14. The number of aryl methyl sites for hydroxylation is 2. The van der Waals surface area contributed by atoms with Crippen molar-refractivity contribution in [1.82, 2.24) is 25.3 Å². The largest absolute Gasteiger partial charge is 0.354 e. The van der Waals surface area contributed by atoms with Crippen molar-refractivity contribution in [2.24, 2.45) is 12.0 Å². The van der Waals surface area contributed by atoms with E-state index in [-0.39, 0.29) is 11.9 Å². The van der Waals surface area contributed by atoms with Crippen LogP contribution in [0.15, 0.2) is 23.2 Å². The van der Waals surface area contributed by atoms with E-state index < -0.39 is 0 Å². The van der Waals surface area contributed by atoms with Crippen molar-refractivity contribution >= 4 is 5.96 Å². The van der Waals surface area contributed by atoms with Crippen molar-refractivity contribution in [3.8, 4) is 0 Å². The lowest BCUT2D eigenvalue weighted by atomic mass is 10.1. The van der Waals surface area contributed by atoms with Gasteiger partial charge in [-0.05, 0) is 64.5 Å². The number of nitrogens with zero attached hydrogens (tertiary/aromatic N) is 4. The minimum absolute atomic E-state index is 0.171. The molecule has 0 spiro atoms. The molecule has 6 nitrogen and oxygen atoms in total. The molecule has 1 unspecified atom stereocenters. The van der Waals surface area contributed by atoms with E-state index in [1.54, 1.807) is 13.1 Å². The van der Waals surface area contributed by atoms with Crippen molar-refractivity contribution in [2.75, 3.05) is 21.1 Å². The number of nitrogens with one attached hydrogen (secondary N) is 2. The smallest absolute Gasteiger partial charge is 0.191 e. The molecule has 1 aromatic heterocycles. The summed E-state index contributed by atoms with van der Waals surface area (Å²) in [6.07, 6.45) is 0.871. The molecule has 0 saturated heterocycles. The predicted octanol–water partition coefficient (Wildman–Crippen LogP) is 2.53. The molecular weight excluding hydrogens is 355 g/mol. The van der Waals surface area contributed by atoms with Crippen molar-refractivity contribution in [2.45, 2.75) is 46.3 Å². The second-order valence-electron chi connectivity index (χ2n) is 7.61. The summed E-state index contributed by atoms with van der Waals surface area (Å²) in [5.74, 6) is 0.556. The molecule has 154 valence electrons. The number of hydrogen-bond acceptors (Lipinski definition) is 3. The fourth-order valence-electron chi connectivity index (χ4n) is 3.28. The zero-order valence-corrected chi connectivity index (χ0v) is 18.1. The lowest BCUT2D eigenvalue weighted by Crippen LogP contribution is -2.42. The minimum atomic E-state index is -0.171. The van der Waals surface area contributed by atoms with Gasteiger partial charge in [-0.15, -0.1) is 0 Å². The third-order valence-corrected chi connectivity index (χ3v) is 4.83. The summed E-state index contributed by atoms with van der Waals surface area (Å²) in [6, 6.07) is 5.44. The Bertz CT molecular complexity index is 825. The van der Waals surface area contributed by atoms with Crippen LogP contribution >= 0.6 is 0 Å². The normalized spacial score (nSPS) is 13.1. The molecule has 0 saturated carbocycles. The quantitative estimate of drug-likeness (QED) is 0.565. The van der Waals surface area contributed by atoms with Gasteiger partial charge in [0.15, 0.2) is 5.96 Å². The maximum atomic E-state index is 14.0. The Hall–Kier alpha value is -2.41. The number of guanidine groups is 1. The van der Waals surface area contributed by atoms with E-state index in [1.165, 1.54) is 17.3 Å². The first-order valence-corrected chi connectivity index (χ1v) is 9.59. The number of halogens is 1. The van der Waals surface area contributed by atoms with Crippen LogP contribution in [0.3, 0.4) is 0 Å². The molecule has 7 heteroatoms. The van der Waals surface area contributed by atoms with Gasteiger partial charge in [0.05, 0.1) is 5.69 Å². The fraction of sp³-hybridized carbons (Fsp3) is 0.524. The van der Waals surface area contributed by atoms with Gasteiger partial charge in [0.25, 0.3) is 0 Å². The van der Waals surface area contributed by atoms with E-state index in [2.05, 4.69) is 34.6 Å². The average Bonchev–Trinajstić information content (AvgIpc) is 2.86. The third-order valence-electron chi connectivity index (χ3n) is 4.83. The Morgan fingerprint density at radius 3 is 2.61 bits per heavy atom. The summed E-state index contributed by atoms with van der Waals surface area (Å²) in [4.78, 5) is 6.27. The molecule has 0 aliphatic rings. The summed E-state index contributed by atoms with van der Waals surface area (Å²) in [5, 5.41) is 11.2. The monoisotopic (exact) mass is 388 g/mol. The highest BCUT2D eigenvalue weighted by Gasteiger charge is 2.14. The van der Waals surface area contributed by atoms with Gasteiger partial charge in [-0.3, -0.25) is 9.67 Å². The topological polar surface area (TPSA) is 57.5 Å². The molecule has 1 atom stereocenters. The fourth-order valence-corrected chi connectivity index (χ4v) is 3.28. The summed E-state index contributed by atoms with van der Waals surface area (Å²) in [6.45, 7) is 7.42. The van der Waals surface area contributed by atoms with E-state index in [0.29, 0.717) is 18.7 Å². The molecule has 0 aliphatic carbocycles. The zero-order valence-electron chi connectivity index (χ0n) is 18.1. The van der Waals surface area contributed by atoms with Gasteiger partial charge >= 0.3 is 0 Å². The molecule has 1 aromatic carbocycles. The maximum Gasteiger partial charge on any atom is 0.191 e. The van der Waals surface area contributed by atoms with Gasteiger partial charge in [-0.1, -0.05) is 6.07 Å². The minimum Gasteiger partial charge on any atom is -0.354 e. The predicted molar refractivity (Wildman–Crippen MR) is 113 cm³/mol. The van der Waals surface area contributed by atoms with E-state index in [9.17, 15) is 4.39 Å². The molecule has 0 amide bonds. The van der Waals surface area contributed by atoms with Crippen molar-refractivity contribution in [3.05, 3.63) is 52.1 Å². The zero-order chi connectivity index (χ0) is 20.8. The standard InChI is InChI=1S/C21H33FN6/c1-14(10-19-15(2)26-28(7)16(19)3)25-21(23-4)24-12-17-8-9-20(22)18(11-17)13-27(5)6/h8-9,11,14H,10,12-13H2,1-7H3,(H2,23,24,25). The molecule has 0 fully saturated rings. The van der Waals surface area contributed by atoms with Crippen LogP contribution in [0.2, 0.25) is 0 Å². The van der Waals surface area contributed by atoms with Crippen LogP contribution in [0.25, 0.3) is 0 Å². The van der Waals surface area contributed by atoms with Crippen molar-refractivity contribution in [3.63, 3.8) is 0 Å². The first-order chi connectivity index (χ1) is 13.2. The van der Waals surface area contributed by atoms with E-state index in [4.69, 9.17) is 0 Å². The molecule has 2 rings (SSSR count). The maximum absolute atomic E-state index is 14.0. The summed E-state index contributed by atoms with van der Waals surface area (Å²) >= 11 is 0. The van der Waals surface area contributed by atoms with Gasteiger partial charge in [-0.25, -0.2) is 4.39 Å². The van der Waals surface area contributed by atoms with Crippen molar-refractivity contribution < 1.29 is 4.39 Å². The molecule has 2 aromatic rings. The van der Waals surface area contributed by atoms with Crippen LogP contribution in [-0.2, 0) is 26.6 Å². The molecule has 0 radical (unpaired) electrons. The van der Waals surface area contributed by atoms with Gasteiger partial charge in [0.2, 0.25) is 0 Å². The third kappa shape index (κ3) is 5.79. The lowest BCUT2D eigenvalue weighted by molar-refractivity contribution is 0.392. The molecule has 1 heterocycles. The highest BCUT2D eigenvalue weighted by atomic mass is 19.1. The van der Waals surface area contributed by atoms with Gasteiger partial charge in [0, 0.05) is 44.5 Å². The van der Waals surface area contributed by atoms with E-state index >= 15 is 0 Å². The van der Waals surface area contributed by atoms with E-state index in [0.717, 1.165) is 23.6 Å². The molecule has 0 bridgehead atoms. The number of benzene rings is 1. The summed E-state index contributed by atoms with van der Waals surface area (Å²) in [7, 11) is 7.59. The van der Waals surface area contributed by atoms with Crippen LogP contribution in [0, 0.1) is 19.7 Å². The second kappa shape index (κ2) is 9.68. The number of hydrogen-bond donors (Lipinski definition) is 2. The Morgan fingerprint density at radius 2 is 2.04 bits per heavy atom. The van der Waals surface area contributed by atoms with Crippen molar-refractivity contribution in [1.29, 1.82) is 0 Å². The van der Waals surface area contributed by atoms with Crippen LogP contribution in [0.1, 0.15) is 35.0 Å². The lowest BCUT2D eigenvalue weighted by Gasteiger charge is -2.19. The van der Waals surface area contributed by atoms with Gasteiger partial charge < -0.3 is 15.5 Å². The second-order valence-corrected chi connectivity index (χ2v) is 7.61. The SMILES string of the molecule is CN=C(NCc1ccc(F)c(CN(C)C)c1)NC(C)Cc1c(C)nn(C)c1C. The van der Waals surface area contributed by atoms with Crippen LogP contribution in [0.4, 0.5) is 4.39 Å². The van der Waals surface area contributed by atoms with Crippen LogP contribution in [-0.4, -0.2) is 47.8 Å². The Morgan fingerprint density at radius 1 is 1.32 bits per heavy atom. The molecular formula is C21H33FN6. The summed E-state index contributed by atoms with van der Waals surface area (Å²) < 4.78 is 15.9.